The van der Waals surface area contributed by atoms with Crippen molar-refractivity contribution in [2.45, 2.75) is 6.61 Å². The van der Waals surface area contributed by atoms with Crippen molar-refractivity contribution >= 4 is 16.6 Å². The number of nitro benzene ring substituents is 1. The highest BCUT2D eigenvalue weighted by atomic mass is 16.6. The molecule has 0 unspecified atom stereocenters. The van der Waals surface area contributed by atoms with E-state index in [1.165, 1.54) is 24.3 Å². The summed E-state index contributed by atoms with van der Waals surface area (Å²) >= 11 is 0. The van der Waals surface area contributed by atoms with E-state index in [2.05, 4.69) is 9.97 Å². The Balaban J connectivity index is 1.79. The van der Waals surface area contributed by atoms with Crippen LogP contribution in [0.4, 0.5) is 5.69 Å². The highest BCUT2D eigenvalue weighted by Gasteiger charge is 2.06. The van der Waals surface area contributed by atoms with Gasteiger partial charge in [0.25, 0.3) is 11.2 Å². The van der Waals surface area contributed by atoms with E-state index in [9.17, 15) is 14.9 Å². The minimum absolute atomic E-state index is 0.00964. The van der Waals surface area contributed by atoms with E-state index in [0.29, 0.717) is 22.5 Å². The van der Waals surface area contributed by atoms with Gasteiger partial charge < -0.3 is 9.72 Å². The van der Waals surface area contributed by atoms with E-state index in [-0.39, 0.29) is 17.9 Å². The molecule has 0 saturated carbocycles. The summed E-state index contributed by atoms with van der Waals surface area (Å²) in [6.45, 7) is 0.0673. The van der Waals surface area contributed by atoms with Gasteiger partial charge in [-0.3, -0.25) is 14.9 Å². The molecule has 0 bridgehead atoms. The van der Waals surface area contributed by atoms with E-state index in [4.69, 9.17) is 4.74 Å². The van der Waals surface area contributed by atoms with E-state index in [0.717, 1.165) is 0 Å². The Morgan fingerprint density at radius 2 is 1.86 bits per heavy atom. The molecule has 0 aliphatic heterocycles. The zero-order valence-electron chi connectivity index (χ0n) is 11.4. The minimum atomic E-state index is -0.480. The number of hydrogen-bond donors (Lipinski definition) is 1. The third-order valence-corrected chi connectivity index (χ3v) is 3.09. The summed E-state index contributed by atoms with van der Waals surface area (Å²) < 4.78 is 5.48. The summed E-state index contributed by atoms with van der Waals surface area (Å²) in [6, 6.07) is 12.7. The fraction of sp³-hybridized carbons (Fsp3) is 0.0667. The van der Waals surface area contributed by atoms with Crippen LogP contribution >= 0.6 is 0 Å². The summed E-state index contributed by atoms with van der Waals surface area (Å²) in [4.78, 5) is 29.0. The molecule has 3 rings (SSSR count). The number of aromatic nitrogens is 2. The van der Waals surface area contributed by atoms with Crippen LogP contribution in [0.1, 0.15) is 5.82 Å². The van der Waals surface area contributed by atoms with Crippen molar-refractivity contribution in [2.24, 2.45) is 0 Å². The smallest absolute Gasteiger partial charge is 0.269 e. The molecule has 0 atom stereocenters. The molecule has 0 radical (unpaired) electrons. The normalized spacial score (nSPS) is 10.5. The molecule has 1 heterocycles. The molecule has 0 aliphatic carbocycles. The number of aromatic amines is 1. The topological polar surface area (TPSA) is 98.1 Å². The van der Waals surface area contributed by atoms with Gasteiger partial charge in [-0.25, -0.2) is 4.98 Å². The van der Waals surface area contributed by atoms with Gasteiger partial charge in [0.2, 0.25) is 0 Å². The van der Waals surface area contributed by atoms with Gasteiger partial charge in [0.05, 0.1) is 15.8 Å². The lowest BCUT2D eigenvalue weighted by atomic mass is 10.2. The van der Waals surface area contributed by atoms with Crippen molar-refractivity contribution in [1.82, 2.24) is 9.97 Å². The first-order valence-corrected chi connectivity index (χ1v) is 6.49. The summed E-state index contributed by atoms with van der Waals surface area (Å²) in [5.41, 5.74) is 0.353. The first-order valence-electron chi connectivity index (χ1n) is 6.49. The molecule has 1 N–H and O–H groups in total. The van der Waals surface area contributed by atoms with Gasteiger partial charge >= 0.3 is 0 Å². The molecule has 1 aromatic heterocycles. The molecule has 110 valence electrons. The number of benzene rings is 2. The number of nitro groups is 1. The summed E-state index contributed by atoms with van der Waals surface area (Å²) in [5.74, 6) is 0.850. The standard InChI is InChI=1S/C15H11N3O4/c19-15-12-3-1-2-4-13(12)16-14(17-15)9-22-11-7-5-10(6-8-11)18(20)21/h1-8H,9H2,(H,16,17,19). The highest BCUT2D eigenvalue weighted by Crippen LogP contribution is 2.18. The Morgan fingerprint density at radius 3 is 2.59 bits per heavy atom. The highest BCUT2D eigenvalue weighted by molar-refractivity contribution is 5.77. The number of non-ortho nitro benzene ring substituents is 1. The number of hydrogen-bond acceptors (Lipinski definition) is 5. The molecular weight excluding hydrogens is 286 g/mol. The summed E-state index contributed by atoms with van der Waals surface area (Å²) in [7, 11) is 0. The Labute approximate surface area is 124 Å². The van der Waals surface area contributed by atoms with Crippen molar-refractivity contribution in [3.8, 4) is 5.75 Å². The molecule has 0 aliphatic rings. The maximum absolute atomic E-state index is 11.9. The summed E-state index contributed by atoms with van der Waals surface area (Å²) in [5, 5.41) is 11.1. The number of nitrogens with one attached hydrogen (secondary N) is 1. The summed E-state index contributed by atoms with van der Waals surface area (Å²) in [6.07, 6.45) is 0. The van der Waals surface area contributed by atoms with Crippen LogP contribution in [0, 0.1) is 10.1 Å². The maximum atomic E-state index is 11.9. The molecular formula is C15H11N3O4. The number of rotatable bonds is 4. The number of H-pyrrole nitrogens is 1. The van der Waals surface area contributed by atoms with Crippen molar-refractivity contribution < 1.29 is 9.66 Å². The molecule has 0 amide bonds. The lowest BCUT2D eigenvalue weighted by Crippen LogP contribution is -2.13. The second-order valence-electron chi connectivity index (χ2n) is 4.57. The van der Waals surface area contributed by atoms with Crippen LogP contribution in [0.25, 0.3) is 10.9 Å². The largest absolute Gasteiger partial charge is 0.486 e. The van der Waals surface area contributed by atoms with Crippen LogP contribution in [0.15, 0.2) is 53.3 Å². The molecule has 2 aromatic carbocycles. The van der Waals surface area contributed by atoms with Crippen molar-refractivity contribution in [2.75, 3.05) is 0 Å². The van der Waals surface area contributed by atoms with Crippen LogP contribution in [0.5, 0.6) is 5.75 Å². The van der Waals surface area contributed by atoms with Crippen molar-refractivity contribution in [3.63, 3.8) is 0 Å². The first-order chi connectivity index (χ1) is 10.6. The number of fused-ring (bicyclic) bond motifs is 1. The fourth-order valence-corrected chi connectivity index (χ4v) is 2.02. The molecule has 7 heteroatoms. The lowest BCUT2D eigenvalue weighted by Gasteiger charge is -2.06. The van der Waals surface area contributed by atoms with Gasteiger partial charge in [-0.2, -0.15) is 0 Å². The van der Waals surface area contributed by atoms with Gasteiger partial charge in [-0.1, -0.05) is 12.1 Å². The van der Waals surface area contributed by atoms with Crippen molar-refractivity contribution in [3.05, 3.63) is 74.8 Å². The van der Waals surface area contributed by atoms with Crippen LogP contribution in [0.2, 0.25) is 0 Å². The second-order valence-corrected chi connectivity index (χ2v) is 4.57. The van der Waals surface area contributed by atoms with Gasteiger partial charge in [-0.05, 0) is 24.3 Å². The van der Waals surface area contributed by atoms with Crippen LogP contribution < -0.4 is 10.3 Å². The number of nitrogens with zero attached hydrogens (tertiary/aromatic N) is 2. The van der Waals surface area contributed by atoms with Crippen LogP contribution in [-0.2, 0) is 6.61 Å². The molecule has 7 nitrogen and oxygen atoms in total. The average Bonchev–Trinajstić information content (AvgIpc) is 2.53. The van der Waals surface area contributed by atoms with E-state index < -0.39 is 4.92 Å². The maximum Gasteiger partial charge on any atom is 0.269 e. The quantitative estimate of drug-likeness (QED) is 0.589. The monoisotopic (exact) mass is 297 g/mol. The molecule has 22 heavy (non-hydrogen) atoms. The van der Waals surface area contributed by atoms with Crippen LogP contribution in [-0.4, -0.2) is 14.9 Å². The van der Waals surface area contributed by atoms with Crippen molar-refractivity contribution in [1.29, 1.82) is 0 Å². The fourth-order valence-electron chi connectivity index (χ4n) is 2.02. The molecule has 0 saturated heterocycles. The zero-order chi connectivity index (χ0) is 15.5. The molecule has 3 aromatic rings. The van der Waals surface area contributed by atoms with Gasteiger partial charge in [-0.15, -0.1) is 0 Å². The Morgan fingerprint density at radius 1 is 1.14 bits per heavy atom. The Kier molecular flexibility index (Phi) is 3.53. The third-order valence-electron chi connectivity index (χ3n) is 3.09. The van der Waals surface area contributed by atoms with Crippen LogP contribution in [0.3, 0.4) is 0 Å². The molecule has 0 fully saturated rings. The SMILES string of the molecule is O=c1[nH]c(COc2ccc([N+](=O)[O-])cc2)nc2ccccc12. The Bertz CT molecular complexity index is 887. The predicted molar refractivity (Wildman–Crippen MR) is 79.8 cm³/mol. The zero-order valence-corrected chi connectivity index (χ0v) is 11.4. The lowest BCUT2D eigenvalue weighted by molar-refractivity contribution is -0.384. The van der Waals surface area contributed by atoms with Gasteiger partial charge in [0.1, 0.15) is 18.2 Å². The van der Waals surface area contributed by atoms with Gasteiger partial charge in [0.15, 0.2) is 0 Å². The molecule has 0 spiro atoms. The van der Waals surface area contributed by atoms with E-state index >= 15 is 0 Å². The third kappa shape index (κ3) is 2.78. The predicted octanol–water partition coefficient (Wildman–Crippen LogP) is 2.41. The van der Waals surface area contributed by atoms with E-state index in [1.54, 1.807) is 24.3 Å². The number of para-hydroxylation sites is 1. The van der Waals surface area contributed by atoms with E-state index in [1.807, 2.05) is 0 Å². The average molecular weight is 297 g/mol. The number of ether oxygens (including phenoxy) is 1. The second kappa shape index (κ2) is 5.65. The first kappa shape index (κ1) is 13.7. The Hall–Kier alpha value is -3.22. The minimum Gasteiger partial charge on any atom is -0.486 e. The van der Waals surface area contributed by atoms with Gasteiger partial charge in [0, 0.05) is 12.1 Å².